The normalized spacial score (nSPS) is 33.6. The van der Waals surface area contributed by atoms with Gasteiger partial charge in [0.15, 0.2) is 0 Å². The Bertz CT molecular complexity index is 667. The van der Waals surface area contributed by atoms with Crippen molar-refractivity contribution in [3.63, 3.8) is 0 Å². The molecule has 0 heterocycles. The maximum absolute atomic E-state index is 11.5. The number of nitrogens with two attached hydrogens (primary N) is 1. The fourth-order valence-corrected chi connectivity index (χ4v) is 3.91. The lowest BCUT2D eigenvalue weighted by Crippen LogP contribution is -2.52. The largest absolute Gasteiger partial charge is 0.497 e. The van der Waals surface area contributed by atoms with Crippen LogP contribution in [0.15, 0.2) is 24.3 Å². The second-order valence-electron chi connectivity index (χ2n) is 6.41. The Hall–Kier alpha value is -2.32. The van der Waals surface area contributed by atoms with Gasteiger partial charge in [-0.05, 0) is 24.5 Å². The first-order valence-corrected chi connectivity index (χ1v) is 7.75. The van der Waals surface area contributed by atoms with Gasteiger partial charge in [-0.2, -0.15) is 0 Å². The van der Waals surface area contributed by atoms with E-state index in [1.54, 1.807) is 7.11 Å². The molecular formula is C16H21N3O5. The first kappa shape index (κ1) is 16.5. The van der Waals surface area contributed by atoms with Crippen molar-refractivity contribution in [2.75, 3.05) is 19.1 Å². The number of carboxylic acid groups (broad SMARTS) is 2. The number of anilines is 1. The summed E-state index contributed by atoms with van der Waals surface area (Å²) in [6.45, 7) is 0.378. The number of methoxy groups -OCH3 is 1. The van der Waals surface area contributed by atoms with Crippen LogP contribution < -0.4 is 21.1 Å². The van der Waals surface area contributed by atoms with Crippen molar-refractivity contribution in [2.45, 2.75) is 18.0 Å². The van der Waals surface area contributed by atoms with E-state index in [1.807, 2.05) is 24.3 Å². The van der Waals surface area contributed by atoms with Gasteiger partial charge in [0.2, 0.25) is 0 Å². The fourth-order valence-electron chi connectivity index (χ4n) is 3.91. The molecule has 2 saturated carbocycles. The number of nitrogens with one attached hydrogen (secondary N) is 2. The van der Waals surface area contributed by atoms with Gasteiger partial charge < -0.3 is 26.0 Å². The molecule has 3 rings (SSSR count). The molecule has 0 radical (unpaired) electrons. The number of benzene rings is 1. The Labute approximate surface area is 139 Å². The summed E-state index contributed by atoms with van der Waals surface area (Å²) in [5.74, 6) is -2.83. The van der Waals surface area contributed by atoms with Gasteiger partial charge in [0.25, 0.3) is 0 Å². The van der Waals surface area contributed by atoms with Crippen LogP contribution in [-0.4, -0.2) is 47.5 Å². The highest BCUT2D eigenvalue weighted by atomic mass is 16.5. The minimum absolute atomic E-state index is 0.223. The molecule has 24 heavy (non-hydrogen) atoms. The molecule has 1 aromatic rings. The van der Waals surface area contributed by atoms with Gasteiger partial charge in [0, 0.05) is 23.7 Å². The predicted molar refractivity (Wildman–Crippen MR) is 85.7 cm³/mol. The number of hydrogen-bond donors (Lipinski definition) is 5. The molecular weight excluding hydrogens is 314 g/mol. The van der Waals surface area contributed by atoms with Crippen molar-refractivity contribution in [1.82, 2.24) is 5.32 Å². The van der Waals surface area contributed by atoms with Crippen LogP contribution in [0.5, 0.6) is 5.75 Å². The standard InChI is InChI=1S/C16H21N3O5/c1-24-9-4-2-3-8(5-9)18-7-19-10-6-16(17,15(22)23)13-11(10)12(13)14(20)21/h2-5,10-13,18-19H,6-7,17H2,1H3,(H,20,21)(H,22,23)/t10-,11-,12-,13-,16-/m0/s1. The first-order valence-electron chi connectivity index (χ1n) is 7.75. The van der Waals surface area contributed by atoms with E-state index in [0.717, 1.165) is 11.4 Å². The van der Waals surface area contributed by atoms with Crippen LogP contribution >= 0.6 is 0 Å². The molecule has 2 aliphatic carbocycles. The van der Waals surface area contributed by atoms with Gasteiger partial charge in [-0.1, -0.05) is 6.07 Å². The number of carboxylic acids is 2. The minimum Gasteiger partial charge on any atom is -0.497 e. The van der Waals surface area contributed by atoms with Crippen molar-refractivity contribution in [1.29, 1.82) is 0 Å². The molecule has 0 spiro atoms. The third-order valence-corrected chi connectivity index (χ3v) is 5.10. The molecule has 8 heteroatoms. The van der Waals surface area contributed by atoms with Crippen molar-refractivity contribution >= 4 is 17.6 Å². The molecule has 0 aromatic heterocycles. The number of hydrogen-bond acceptors (Lipinski definition) is 6. The lowest BCUT2D eigenvalue weighted by Gasteiger charge is -2.25. The summed E-state index contributed by atoms with van der Waals surface area (Å²) in [5, 5.41) is 25.0. The molecule has 1 aromatic carbocycles. The topological polar surface area (TPSA) is 134 Å². The zero-order valence-electron chi connectivity index (χ0n) is 13.2. The second-order valence-corrected chi connectivity index (χ2v) is 6.41. The Morgan fingerprint density at radius 1 is 1.42 bits per heavy atom. The predicted octanol–water partition coefficient (Wildman–Crippen LogP) is 0.155. The zero-order chi connectivity index (χ0) is 17.5. The molecule has 2 fully saturated rings. The monoisotopic (exact) mass is 335 g/mol. The second kappa shape index (κ2) is 5.95. The van der Waals surface area contributed by atoms with Crippen LogP contribution in [0.25, 0.3) is 0 Å². The Balaban J connectivity index is 1.61. The summed E-state index contributed by atoms with van der Waals surface area (Å²) in [7, 11) is 1.59. The SMILES string of the molecule is COc1cccc(NCN[C@H]2C[C@@](N)(C(=O)O)[C@@H]3[C@@H](C(=O)O)[C@@H]32)c1. The zero-order valence-corrected chi connectivity index (χ0v) is 13.2. The van der Waals surface area contributed by atoms with E-state index in [2.05, 4.69) is 10.6 Å². The lowest BCUT2D eigenvalue weighted by molar-refractivity contribution is -0.145. The molecule has 8 nitrogen and oxygen atoms in total. The summed E-state index contributed by atoms with van der Waals surface area (Å²) in [6, 6.07) is 7.15. The van der Waals surface area contributed by atoms with Gasteiger partial charge in [-0.25, -0.2) is 0 Å². The lowest BCUT2D eigenvalue weighted by atomic mass is 9.90. The first-order chi connectivity index (χ1) is 11.4. The third-order valence-electron chi connectivity index (χ3n) is 5.10. The molecule has 0 aliphatic heterocycles. The van der Waals surface area contributed by atoms with E-state index in [1.165, 1.54) is 0 Å². The van der Waals surface area contributed by atoms with Crippen molar-refractivity contribution in [2.24, 2.45) is 23.5 Å². The summed E-state index contributed by atoms with van der Waals surface area (Å²) >= 11 is 0. The highest BCUT2D eigenvalue weighted by molar-refractivity contribution is 5.85. The summed E-state index contributed by atoms with van der Waals surface area (Å²) in [4.78, 5) is 22.8. The van der Waals surface area contributed by atoms with Gasteiger partial charge in [-0.15, -0.1) is 0 Å². The number of fused-ring (bicyclic) bond motifs is 1. The average molecular weight is 335 g/mol. The molecule has 2 aliphatic rings. The van der Waals surface area contributed by atoms with Crippen LogP contribution in [0.2, 0.25) is 0 Å². The molecule has 6 N–H and O–H groups in total. The van der Waals surface area contributed by atoms with E-state index in [0.29, 0.717) is 6.67 Å². The van der Waals surface area contributed by atoms with Gasteiger partial charge >= 0.3 is 11.9 Å². The Morgan fingerprint density at radius 3 is 2.79 bits per heavy atom. The van der Waals surface area contributed by atoms with E-state index in [-0.39, 0.29) is 18.4 Å². The molecule has 5 atom stereocenters. The third kappa shape index (κ3) is 2.67. The maximum Gasteiger partial charge on any atom is 0.324 e. The van der Waals surface area contributed by atoms with Crippen LogP contribution in [0, 0.1) is 17.8 Å². The molecule has 0 amide bonds. The van der Waals surface area contributed by atoms with Crippen LogP contribution in [-0.2, 0) is 9.59 Å². The van der Waals surface area contributed by atoms with E-state index in [9.17, 15) is 19.8 Å². The van der Waals surface area contributed by atoms with Gasteiger partial charge in [-0.3, -0.25) is 14.9 Å². The summed E-state index contributed by atoms with van der Waals surface area (Å²) in [5.41, 5.74) is 5.36. The number of carbonyl (C=O) groups is 2. The molecule has 0 unspecified atom stereocenters. The van der Waals surface area contributed by atoms with E-state index < -0.39 is 29.3 Å². The number of ether oxygens (including phenoxy) is 1. The van der Waals surface area contributed by atoms with Gasteiger partial charge in [0.05, 0.1) is 19.7 Å². The maximum atomic E-state index is 11.5. The van der Waals surface area contributed by atoms with Crippen LogP contribution in [0.1, 0.15) is 6.42 Å². The highest BCUT2D eigenvalue weighted by Gasteiger charge is 2.73. The average Bonchev–Trinajstić information content (AvgIpc) is 3.23. The number of aliphatic carboxylic acids is 2. The van der Waals surface area contributed by atoms with Gasteiger partial charge in [0.1, 0.15) is 11.3 Å². The number of rotatable bonds is 7. The van der Waals surface area contributed by atoms with Crippen LogP contribution in [0.4, 0.5) is 5.69 Å². The van der Waals surface area contributed by atoms with E-state index >= 15 is 0 Å². The van der Waals surface area contributed by atoms with Crippen molar-refractivity contribution in [3.8, 4) is 5.75 Å². The molecule has 130 valence electrons. The fraction of sp³-hybridized carbons (Fsp3) is 0.500. The minimum atomic E-state index is -1.47. The summed E-state index contributed by atoms with van der Waals surface area (Å²) in [6.07, 6.45) is 0.223. The molecule has 0 bridgehead atoms. The van der Waals surface area contributed by atoms with Crippen molar-refractivity contribution < 1.29 is 24.5 Å². The van der Waals surface area contributed by atoms with Crippen LogP contribution in [0.3, 0.4) is 0 Å². The Morgan fingerprint density at radius 2 is 2.17 bits per heavy atom. The smallest absolute Gasteiger partial charge is 0.324 e. The highest BCUT2D eigenvalue weighted by Crippen LogP contribution is 2.61. The summed E-state index contributed by atoms with van der Waals surface area (Å²) < 4.78 is 5.14. The van der Waals surface area contributed by atoms with Crippen molar-refractivity contribution in [3.05, 3.63) is 24.3 Å². The Kier molecular flexibility index (Phi) is 4.10. The molecule has 0 saturated heterocycles. The quantitative estimate of drug-likeness (QED) is 0.445. The van der Waals surface area contributed by atoms with E-state index in [4.69, 9.17) is 10.5 Å².